The van der Waals surface area contributed by atoms with Crippen molar-refractivity contribution in [3.63, 3.8) is 0 Å². The summed E-state index contributed by atoms with van der Waals surface area (Å²) in [6.07, 6.45) is 0. The summed E-state index contributed by atoms with van der Waals surface area (Å²) in [6.45, 7) is 10.5. The minimum Gasteiger partial charge on any atom is -0.478 e. The third-order valence-corrected chi connectivity index (χ3v) is 2.63. The Bertz CT molecular complexity index is 377. The molecule has 0 saturated carbocycles. The van der Waals surface area contributed by atoms with E-state index in [1.54, 1.807) is 27.8 Å². The average molecular weight is 271 g/mol. The van der Waals surface area contributed by atoms with Crippen LogP contribution >= 0.6 is 0 Å². The predicted molar refractivity (Wildman–Crippen MR) is 73.9 cm³/mol. The molecule has 0 saturated heterocycles. The first kappa shape index (κ1) is 17.6. The van der Waals surface area contributed by atoms with Gasteiger partial charge in [0.25, 0.3) is 0 Å². The van der Waals surface area contributed by atoms with E-state index in [4.69, 9.17) is 9.84 Å². The van der Waals surface area contributed by atoms with Crippen molar-refractivity contribution in [2.24, 2.45) is 5.92 Å². The van der Waals surface area contributed by atoms with E-state index in [0.717, 1.165) is 0 Å². The summed E-state index contributed by atoms with van der Waals surface area (Å²) >= 11 is 0. The Morgan fingerprint density at radius 2 is 1.68 bits per heavy atom. The average Bonchev–Trinajstić information content (AvgIpc) is 2.21. The van der Waals surface area contributed by atoms with Gasteiger partial charge in [-0.05, 0) is 40.7 Å². The number of esters is 1. The second-order valence-corrected chi connectivity index (χ2v) is 5.86. The molecule has 0 aliphatic carbocycles. The lowest BCUT2D eigenvalue weighted by Crippen LogP contribution is -2.39. The molecule has 19 heavy (non-hydrogen) atoms. The SMILES string of the molecule is CNC(C(C(=O)OC(C)(C)C)=C(C)C(=O)O)C(C)C. The summed E-state index contributed by atoms with van der Waals surface area (Å²) in [5.41, 5.74) is -0.460. The molecular formula is C14H25NO4. The molecule has 0 fully saturated rings. The molecule has 0 heterocycles. The summed E-state index contributed by atoms with van der Waals surface area (Å²) < 4.78 is 5.30. The fraction of sp³-hybridized carbons (Fsp3) is 0.714. The number of carbonyl (C=O) groups excluding carboxylic acids is 1. The minimum atomic E-state index is -1.11. The molecule has 0 amide bonds. The number of aliphatic carboxylic acids is 1. The largest absolute Gasteiger partial charge is 0.478 e. The van der Waals surface area contributed by atoms with Crippen molar-refractivity contribution in [1.29, 1.82) is 0 Å². The van der Waals surface area contributed by atoms with Crippen molar-refractivity contribution < 1.29 is 19.4 Å². The maximum absolute atomic E-state index is 12.2. The highest BCUT2D eigenvalue weighted by molar-refractivity contribution is 6.00. The number of hydrogen-bond donors (Lipinski definition) is 2. The molecule has 110 valence electrons. The van der Waals surface area contributed by atoms with E-state index in [1.807, 2.05) is 13.8 Å². The molecule has 0 aromatic carbocycles. The van der Waals surface area contributed by atoms with Gasteiger partial charge < -0.3 is 15.2 Å². The Hall–Kier alpha value is -1.36. The molecular weight excluding hydrogens is 246 g/mol. The smallest absolute Gasteiger partial charge is 0.336 e. The fourth-order valence-corrected chi connectivity index (χ4v) is 1.77. The highest BCUT2D eigenvalue weighted by Gasteiger charge is 2.30. The molecule has 0 aromatic heterocycles. The molecule has 0 aliphatic heterocycles. The van der Waals surface area contributed by atoms with E-state index < -0.39 is 17.5 Å². The molecule has 1 unspecified atom stereocenters. The van der Waals surface area contributed by atoms with E-state index >= 15 is 0 Å². The normalized spacial score (nSPS) is 14.9. The molecule has 5 nitrogen and oxygen atoms in total. The fourth-order valence-electron chi connectivity index (χ4n) is 1.77. The lowest BCUT2D eigenvalue weighted by molar-refractivity contribution is -0.151. The van der Waals surface area contributed by atoms with E-state index in [9.17, 15) is 9.59 Å². The number of rotatable bonds is 5. The Kier molecular flexibility index (Phi) is 6.22. The van der Waals surface area contributed by atoms with Gasteiger partial charge in [0.1, 0.15) is 5.60 Å². The molecule has 0 aromatic rings. The maximum Gasteiger partial charge on any atom is 0.336 e. The van der Waals surface area contributed by atoms with Crippen LogP contribution in [0.4, 0.5) is 0 Å². The lowest BCUT2D eigenvalue weighted by Gasteiger charge is -2.27. The zero-order valence-electron chi connectivity index (χ0n) is 12.8. The zero-order valence-corrected chi connectivity index (χ0v) is 12.8. The van der Waals surface area contributed by atoms with Gasteiger partial charge in [0.2, 0.25) is 0 Å². The third kappa shape index (κ3) is 5.42. The Morgan fingerprint density at radius 3 is 1.95 bits per heavy atom. The summed E-state index contributed by atoms with van der Waals surface area (Å²) in [6, 6.07) is -0.356. The molecule has 0 radical (unpaired) electrons. The minimum absolute atomic E-state index is 0.0160. The molecule has 0 bridgehead atoms. The van der Waals surface area contributed by atoms with Crippen LogP contribution < -0.4 is 5.32 Å². The highest BCUT2D eigenvalue weighted by atomic mass is 16.6. The van der Waals surface area contributed by atoms with Crippen molar-refractivity contribution in [2.75, 3.05) is 7.05 Å². The van der Waals surface area contributed by atoms with Crippen LogP contribution in [0.2, 0.25) is 0 Å². The Morgan fingerprint density at radius 1 is 1.21 bits per heavy atom. The first-order valence-corrected chi connectivity index (χ1v) is 6.36. The van der Waals surface area contributed by atoms with Gasteiger partial charge in [-0.25, -0.2) is 9.59 Å². The zero-order chi connectivity index (χ0) is 15.4. The summed E-state index contributed by atoms with van der Waals surface area (Å²) in [5.74, 6) is -1.62. The van der Waals surface area contributed by atoms with E-state index in [1.165, 1.54) is 6.92 Å². The Labute approximate surface area is 115 Å². The Balaban J connectivity index is 5.61. The van der Waals surface area contributed by atoms with Gasteiger partial charge in [-0.2, -0.15) is 0 Å². The monoisotopic (exact) mass is 271 g/mol. The first-order valence-electron chi connectivity index (χ1n) is 6.36. The van der Waals surface area contributed by atoms with Crippen LogP contribution in [0.1, 0.15) is 41.5 Å². The number of likely N-dealkylation sites (N-methyl/N-ethyl adjacent to an activating group) is 1. The van der Waals surface area contributed by atoms with Crippen molar-refractivity contribution in [2.45, 2.75) is 53.2 Å². The van der Waals surface area contributed by atoms with Gasteiger partial charge in [-0.3, -0.25) is 0 Å². The number of nitrogens with one attached hydrogen (secondary N) is 1. The topological polar surface area (TPSA) is 75.6 Å². The van der Waals surface area contributed by atoms with E-state index in [-0.39, 0.29) is 23.1 Å². The molecule has 0 rings (SSSR count). The van der Waals surface area contributed by atoms with Gasteiger partial charge in [-0.15, -0.1) is 0 Å². The number of hydrogen-bond acceptors (Lipinski definition) is 4. The van der Waals surface area contributed by atoms with Gasteiger partial charge in [0.05, 0.1) is 5.57 Å². The number of carboxylic acids is 1. The van der Waals surface area contributed by atoms with Crippen molar-refractivity contribution in [1.82, 2.24) is 5.32 Å². The van der Waals surface area contributed by atoms with Gasteiger partial charge >= 0.3 is 11.9 Å². The van der Waals surface area contributed by atoms with E-state index in [2.05, 4.69) is 5.32 Å². The predicted octanol–water partition coefficient (Wildman–Crippen LogP) is 1.97. The second kappa shape index (κ2) is 6.70. The van der Waals surface area contributed by atoms with Crippen LogP contribution in [0.25, 0.3) is 0 Å². The van der Waals surface area contributed by atoms with Crippen molar-refractivity contribution in [3.8, 4) is 0 Å². The van der Waals surface area contributed by atoms with Gasteiger partial charge in [0, 0.05) is 11.6 Å². The summed E-state index contributed by atoms with van der Waals surface area (Å²) in [7, 11) is 1.70. The number of ether oxygens (including phenoxy) is 1. The second-order valence-electron chi connectivity index (χ2n) is 5.86. The standard InChI is InChI=1S/C14H25NO4/c1-8(2)11(15-7)10(9(3)12(16)17)13(18)19-14(4,5)6/h8,11,15H,1-7H3,(H,16,17). The highest BCUT2D eigenvalue weighted by Crippen LogP contribution is 2.21. The van der Waals surface area contributed by atoms with E-state index in [0.29, 0.717) is 0 Å². The van der Waals surface area contributed by atoms with Crippen molar-refractivity contribution in [3.05, 3.63) is 11.1 Å². The lowest BCUT2D eigenvalue weighted by atomic mass is 9.92. The number of carbonyl (C=O) groups is 2. The summed E-state index contributed by atoms with van der Waals surface area (Å²) in [5, 5.41) is 12.1. The quantitative estimate of drug-likeness (QED) is 0.590. The molecule has 1 atom stereocenters. The molecule has 0 spiro atoms. The maximum atomic E-state index is 12.2. The third-order valence-electron chi connectivity index (χ3n) is 2.63. The van der Waals surface area contributed by atoms with Crippen LogP contribution in [0.3, 0.4) is 0 Å². The van der Waals surface area contributed by atoms with Gasteiger partial charge in [0.15, 0.2) is 0 Å². The number of carboxylic acid groups (broad SMARTS) is 1. The van der Waals surface area contributed by atoms with Crippen LogP contribution in [0, 0.1) is 5.92 Å². The summed E-state index contributed by atoms with van der Waals surface area (Å²) in [4.78, 5) is 23.4. The first-order chi connectivity index (χ1) is 8.51. The van der Waals surface area contributed by atoms with Crippen LogP contribution in [0.15, 0.2) is 11.1 Å². The molecule has 5 heteroatoms. The van der Waals surface area contributed by atoms with Crippen LogP contribution in [0.5, 0.6) is 0 Å². The van der Waals surface area contributed by atoms with Crippen LogP contribution in [-0.4, -0.2) is 35.7 Å². The molecule has 0 aliphatic rings. The van der Waals surface area contributed by atoms with Crippen molar-refractivity contribution >= 4 is 11.9 Å². The molecule has 2 N–H and O–H groups in total. The van der Waals surface area contributed by atoms with Gasteiger partial charge in [-0.1, -0.05) is 13.8 Å². The van der Waals surface area contributed by atoms with Crippen LogP contribution in [-0.2, 0) is 14.3 Å².